The molecule has 3 heterocycles. The van der Waals surface area contributed by atoms with E-state index in [1.165, 1.54) is 0 Å². The van der Waals surface area contributed by atoms with E-state index in [4.69, 9.17) is 28.7 Å². The maximum atomic E-state index is 12.5. The summed E-state index contributed by atoms with van der Waals surface area (Å²) in [5, 5.41) is 5.58. The molecular weight excluding hydrogens is 620 g/mol. The number of carbonyl (C=O) groups is 2. The van der Waals surface area contributed by atoms with Crippen LogP contribution in [0.2, 0.25) is 0 Å². The third-order valence-electron chi connectivity index (χ3n) is 5.74. The van der Waals surface area contributed by atoms with Crippen LogP contribution in [0, 0.1) is 6.92 Å². The monoisotopic (exact) mass is 660 g/mol. The number of carbonyl (C=O) groups excluding carboxylic acids is 2. The molecule has 2 aromatic heterocycles. The number of hydrogen-bond donors (Lipinski definition) is 1. The average molecular weight is 662 g/mol. The average Bonchev–Trinajstić information content (AvgIpc) is 3.53. The Labute approximate surface area is 253 Å². The highest BCUT2D eigenvalue weighted by atomic mass is 79.9. The first kappa shape index (κ1) is 33.2. The van der Waals surface area contributed by atoms with Gasteiger partial charge in [-0.3, -0.25) is 9.36 Å². The lowest BCUT2D eigenvalue weighted by molar-refractivity contribution is -0.137. The van der Waals surface area contributed by atoms with Gasteiger partial charge in [-0.2, -0.15) is 0 Å². The molecule has 1 fully saturated rings. The molecule has 15 heteroatoms. The zero-order valence-corrected chi connectivity index (χ0v) is 26.6. The summed E-state index contributed by atoms with van der Waals surface area (Å²) in [6.45, 7) is 13.3. The Morgan fingerprint density at radius 2 is 1.56 bits per heavy atom. The summed E-state index contributed by atoms with van der Waals surface area (Å²) in [6.07, 6.45) is 1.44. The second kappa shape index (κ2) is 17.0. The molecule has 13 nitrogen and oxygen atoms in total. The van der Waals surface area contributed by atoms with Crippen LogP contribution in [0.3, 0.4) is 0 Å². The minimum atomic E-state index is -0.518. The number of halogens is 1. The summed E-state index contributed by atoms with van der Waals surface area (Å²) in [5.74, 6) is 1.69. The fourth-order valence-electron chi connectivity index (χ4n) is 3.78. The highest BCUT2D eigenvalue weighted by Crippen LogP contribution is 2.25. The van der Waals surface area contributed by atoms with Gasteiger partial charge in [-0.05, 0) is 43.6 Å². The van der Waals surface area contributed by atoms with Crippen molar-refractivity contribution in [3.8, 4) is 5.82 Å². The van der Waals surface area contributed by atoms with Crippen molar-refractivity contribution in [3.63, 3.8) is 0 Å². The van der Waals surface area contributed by atoms with Gasteiger partial charge in [0, 0.05) is 44.3 Å². The fraction of sp³-hybridized carbons (Fsp3) is 0.692. The quantitative estimate of drug-likeness (QED) is 0.268. The van der Waals surface area contributed by atoms with E-state index in [0.29, 0.717) is 65.9 Å². The normalized spacial score (nSPS) is 14.0. The molecular formula is C26H41BrN6O7S. The number of aryl methyl sites for hydroxylation is 1. The van der Waals surface area contributed by atoms with Gasteiger partial charge in [0.25, 0.3) is 0 Å². The van der Waals surface area contributed by atoms with Crippen molar-refractivity contribution in [3.05, 3.63) is 22.0 Å². The Kier molecular flexibility index (Phi) is 13.7. The van der Waals surface area contributed by atoms with E-state index in [0.717, 1.165) is 34.5 Å². The van der Waals surface area contributed by atoms with Gasteiger partial charge >= 0.3 is 6.09 Å². The van der Waals surface area contributed by atoms with Crippen molar-refractivity contribution < 1.29 is 33.3 Å². The molecule has 0 radical (unpaired) electrons. The first-order chi connectivity index (χ1) is 19.6. The van der Waals surface area contributed by atoms with Crippen molar-refractivity contribution in [1.82, 2.24) is 24.8 Å². The maximum Gasteiger partial charge on any atom is 0.407 e. The number of hydrogen-bond acceptors (Lipinski definition) is 11. The Bertz CT molecular complexity index is 1080. The van der Waals surface area contributed by atoms with Crippen LogP contribution in [0.25, 0.3) is 5.82 Å². The molecule has 230 valence electrons. The number of rotatable bonds is 16. The number of nitrogens with zero attached hydrogens (tertiary/aromatic N) is 5. The van der Waals surface area contributed by atoms with Crippen LogP contribution in [-0.4, -0.2) is 123 Å². The summed E-state index contributed by atoms with van der Waals surface area (Å²) >= 11 is 4.99. The molecule has 2 aromatic rings. The molecule has 0 spiro atoms. The van der Waals surface area contributed by atoms with Gasteiger partial charge in [0.15, 0.2) is 10.9 Å². The van der Waals surface area contributed by atoms with Crippen molar-refractivity contribution in [1.29, 1.82) is 0 Å². The minimum Gasteiger partial charge on any atom is -0.444 e. The minimum absolute atomic E-state index is 0.0204. The molecule has 1 saturated heterocycles. The number of amides is 2. The van der Waals surface area contributed by atoms with Crippen molar-refractivity contribution in [2.24, 2.45) is 0 Å². The Morgan fingerprint density at radius 1 is 0.951 bits per heavy atom. The molecule has 0 aliphatic carbocycles. The van der Waals surface area contributed by atoms with Crippen LogP contribution in [0.5, 0.6) is 0 Å². The molecule has 0 atom stereocenters. The van der Waals surface area contributed by atoms with Gasteiger partial charge < -0.3 is 38.8 Å². The van der Waals surface area contributed by atoms with Gasteiger partial charge in [0.1, 0.15) is 22.6 Å². The molecule has 41 heavy (non-hydrogen) atoms. The lowest BCUT2D eigenvalue weighted by atomic mass is 10.2. The van der Waals surface area contributed by atoms with E-state index in [2.05, 4.69) is 31.1 Å². The topological polar surface area (TPSA) is 130 Å². The van der Waals surface area contributed by atoms with E-state index in [-0.39, 0.29) is 12.5 Å². The smallest absolute Gasteiger partial charge is 0.407 e. The summed E-state index contributed by atoms with van der Waals surface area (Å²) < 4.78 is 29.7. The zero-order chi connectivity index (χ0) is 29.7. The van der Waals surface area contributed by atoms with Crippen LogP contribution >= 0.6 is 27.3 Å². The highest BCUT2D eigenvalue weighted by Gasteiger charge is 2.23. The molecule has 0 unspecified atom stereocenters. The predicted octanol–water partition coefficient (Wildman–Crippen LogP) is 2.64. The summed E-state index contributed by atoms with van der Waals surface area (Å²) in [7, 11) is 0. The van der Waals surface area contributed by atoms with Gasteiger partial charge in [0.05, 0.1) is 46.2 Å². The molecule has 1 aliphatic heterocycles. The van der Waals surface area contributed by atoms with Crippen LogP contribution in [0.4, 0.5) is 9.93 Å². The number of nitrogens with one attached hydrogen (secondary N) is 1. The van der Waals surface area contributed by atoms with Crippen LogP contribution in [-0.2, 0) is 28.5 Å². The Hall–Kier alpha value is -2.30. The molecule has 0 aromatic carbocycles. The molecule has 3 rings (SSSR count). The van der Waals surface area contributed by atoms with Crippen LogP contribution in [0.1, 0.15) is 26.6 Å². The van der Waals surface area contributed by atoms with E-state index >= 15 is 0 Å². The van der Waals surface area contributed by atoms with Gasteiger partial charge in [-0.25, -0.2) is 14.8 Å². The molecule has 0 saturated carbocycles. The predicted molar refractivity (Wildman–Crippen MR) is 158 cm³/mol. The second-order valence-corrected chi connectivity index (χ2v) is 11.8. The van der Waals surface area contributed by atoms with Crippen molar-refractivity contribution in [2.45, 2.75) is 33.3 Å². The third kappa shape index (κ3) is 12.2. The standard InChI is InChI=1S/C26H41BrN6O7S/c1-20-29-21(27)17-33(20)22-19-41-24(30-22)32-8-6-31(7-9-32)23(34)18-39-16-15-38-14-13-37-12-11-36-10-5-28-25(35)40-26(2,3)4/h17,19H,5-16,18H2,1-4H3,(H,28,35). The Balaban J connectivity index is 1.14. The Morgan fingerprint density at radius 3 is 2.15 bits per heavy atom. The van der Waals surface area contributed by atoms with Crippen molar-refractivity contribution in [2.75, 3.05) is 90.5 Å². The number of alkyl carbamates (subject to hydrolysis) is 1. The lowest BCUT2D eigenvalue weighted by Gasteiger charge is -2.34. The first-order valence-electron chi connectivity index (χ1n) is 13.6. The summed E-state index contributed by atoms with van der Waals surface area (Å²) in [4.78, 5) is 37.2. The maximum absolute atomic E-state index is 12.5. The largest absolute Gasteiger partial charge is 0.444 e. The van der Waals surface area contributed by atoms with Crippen LogP contribution in [0.15, 0.2) is 16.2 Å². The van der Waals surface area contributed by atoms with Crippen molar-refractivity contribution >= 4 is 44.4 Å². The number of ether oxygens (including phenoxy) is 5. The molecule has 1 N–H and O–H groups in total. The number of aromatic nitrogens is 3. The molecule has 0 bridgehead atoms. The highest BCUT2D eigenvalue weighted by molar-refractivity contribution is 9.10. The van der Waals surface area contributed by atoms with Crippen LogP contribution < -0.4 is 10.2 Å². The number of piperazine rings is 1. The van der Waals surface area contributed by atoms with E-state index in [1.54, 1.807) is 11.3 Å². The molecule has 2 amide bonds. The number of imidazole rings is 1. The fourth-order valence-corrected chi connectivity index (χ4v) is 5.09. The van der Waals surface area contributed by atoms with E-state index in [9.17, 15) is 9.59 Å². The van der Waals surface area contributed by atoms with Gasteiger partial charge in [-0.15, -0.1) is 11.3 Å². The molecule has 1 aliphatic rings. The van der Waals surface area contributed by atoms with Gasteiger partial charge in [0.2, 0.25) is 5.91 Å². The SMILES string of the molecule is Cc1nc(Br)cn1-c1csc(N2CCN(C(=O)COCCOCCOCCOCCNC(=O)OC(C)(C)C)CC2)n1. The summed E-state index contributed by atoms with van der Waals surface area (Å²) in [5.41, 5.74) is -0.518. The van der Waals surface area contributed by atoms with Gasteiger partial charge in [-0.1, -0.05) is 0 Å². The lowest BCUT2D eigenvalue weighted by Crippen LogP contribution is -2.49. The van der Waals surface area contributed by atoms with E-state index < -0.39 is 11.7 Å². The first-order valence-corrected chi connectivity index (χ1v) is 15.3. The number of anilines is 1. The second-order valence-electron chi connectivity index (χ2n) is 10.2. The van der Waals surface area contributed by atoms with E-state index in [1.807, 2.05) is 48.7 Å². The number of thiazole rings is 1. The summed E-state index contributed by atoms with van der Waals surface area (Å²) in [6, 6.07) is 0. The zero-order valence-electron chi connectivity index (χ0n) is 24.2. The third-order valence-corrected chi connectivity index (χ3v) is 7.01.